The van der Waals surface area contributed by atoms with Crippen molar-refractivity contribution in [2.75, 3.05) is 7.05 Å². The van der Waals surface area contributed by atoms with Gasteiger partial charge in [-0.2, -0.15) is 0 Å². The predicted octanol–water partition coefficient (Wildman–Crippen LogP) is 3.71. The van der Waals surface area contributed by atoms with Crippen molar-refractivity contribution in [2.45, 2.75) is 38.8 Å². The Hall–Kier alpha value is -1.81. The molecule has 0 radical (unpaired) electrons. The van der Waals surface area contributed by atoms with Crippen LogP contribution >= 0.6 is 11.6 Å². The Morgan fingerprint density at radius 2 is 2.23 bits per heavy atom. The maximum atomic E-state index is 12.7. The van der Waals surface area contributed by atoms with Gasteiger partial charge in [-0.3, -0.25) is 4.79 Å². The minimum Gasteiger partial charge on any atom is -0.334 e. The molecule has 4 nitrogen and oxygen atoms in total. The number of aryl methyl sites for hydroxylation is 2. The van der Waals surface area contributed by atoms with Gasteiger partial charge in [-0.15, -0.1) is 0 Å². The lowest BCUT2D eigenvalue weighted by atomic mass is 10.1. The molecule has 3 rings (SSSR count). The number of carbonyl (C=O) groups excluding carboxylic acids is 1. The zero-order chi connectivity index (χ0) is 15.7. The van der Waals surface area contributed by atoms with Gasteiger partial charge in [0.15, 0.2) is 0 Å². The Bertz CT molecular complexity index is 671. The van der Waals surface area contributed by atoms with Gasteiger partial charge in [0.25, 0.3) is 5.91 Å². The average Bonchev–Trinajstić information content (AvgIpc) is 2.96. The van der Waals surface area contributed by atoms with Crippen molar-refractivity contribution in [1.82, 2.24) is 14.5 Å². The molecular formula is C17H20ClN3O. The first-order chi connectivity index (χ1) is 10.6. The predicted molar refractivity (Wildman–Crippen MR) is 87.1 cm³/mol. The molecule has 0 N–H and O–H groups in total. The molecule has 0 unspecified atom stereocenters. The van der Waals surface area contributed by atoms with E-state index in [0.717, 1.165) is 37.2 Å². The molecule has 0 aliphatic carbocycles. The molecule has 1 aliphatic heterocycles. The topological polar surface area (TPSA) is 38.1 Å². The number of nitrogens with zero attached hydrogens (tertiary/aromatic N) is 3. The summed E-state index contributed by atoms with van der Waals surface area (Å²) in [6, 6.07) is 7.57. The van der Waals surface area contributed by atoms with Gasteiger partial charge in [0.1, 0.15) is 11.5 Å². The summed E-state index contributed by atoms with van der Waals surface area (Å²) in [6.07, 6.45) is 5.16. The van der Waals surface area contributed by atoms with Gasteiger partial charge in [0.2, 0.25) is 0 Å². The number of amides is 1. The van der Waals surface area contributed by atoms with E-state index in [0.29, 0.717) is 10.7 Å². The molecule has 0 spiro atoms. The second-order valence-electron chi connectivity index (χ2n) is 5.84. The number of rotatable bonds is 3. The molecule has 0 bridgehead atoms. The maximum absolute atomic E-state index is 12.7. The fourth-order valence-electron chi connectivity index (χ4n) is 2.86. The molecule has 0 saturated carbocycles. The summed E-state index contributed by atoms with van der Waals surface area (Å²) in [7, 11) is 1.81. The standard InChI is InChI=1S/C17H20ClN3O/c1-12(13-6-5-7-14(18)10-13)20(2)17(22)15-11-21-9-4-3-8-16(21)19-15/h5-7,10-12H,3-4,8-9H2,1-2H3/t12-/m1/s1. The molecule has 0 fully saturated rings. The summed E-state index contributed by atoms with van der Waals surface area (Å²) in [5, 5.41) is 0.683. The van der Waals surface area contributed by atoms with E-state index < -0.39 is 0 Å². The number of carbonyl (C=O) groups is 1. The molecule has 0 saturated heterocycles. The Balaban J connectivity index is 1.80. The van der Waals surface area contributed by atoms with E-state index in [1.807, 2.05) is 44.4 Å². The lowest BCUT2D eigenvalue weighted by Gasteiger charge is -2.24. The van der Waals surface area contributed by atoms with Crippen LogP contribution in [0.5, 0.6) is 0 Å². The Kier molecular flexibility index (Phi) is 4.21. The summed E-state index contributed by atoms with van der Waals surface area (Å²) in [4.78, 5) is 18.9. The molecule has 2 aromatic rings. The van der Waals surface area contributed by atoms with E-state index in [-0.39, 0.29) is 11.9 Å². The van der Waals surface area contributed by atoms with Crippen LogP contribution in [0.25, 0.3) is 0 Å². The van der Waals surface area contributed by atoms with Gasteiger partial charge in [-0.1, -0.05) is 23.7 Å². The van der Waals surface area contributed by atoms with Crippen molar-refractivity contribution >= 4 is 17.5 Å². The van der Waals surface area contributed by atoms with Crippen LogP contribution in [0.1, 0.15) is 47.7 Å². The summed E-state index contributed by atoms with van der Waals surface area (Å²) < 4.78 is 2.11. The minimum absolute atomic E-state index is 0.0469. The number of hydrogen-bond acceptors (Lipinski definition) is 2. The van der Waals surface area contributed by atoms with E-state index >= 15 is 0 Å². The van der Waals surface area contributed by atoms with Crippen molar-refractivity contribution in [2.24, 2.45) is 0 Å². The van der Waals surface area contributed by atoms with Gasteiger partial charge in [0.05, 0.1) is 6.04 Å². The van der Waals surface area contributed by atoms with Crippen molar-refractivity contribution in [3.8, 4) is 0 Å². The van der Waals surface area contributed by atoms with Crippen molar-refractivity contribution in [3.05, 3.63) is 52.6 Å². The first-order valence-corrected chi connectivity index (χ1v) is 8.02. The molecule has 1 aromatic heterocycles. The monoisotopic (exact) mass is 317 g/mol. The molecule has 2 heterocycles. The van der Waals surface area contributed by atoms with Crippen molar-refractivity contribution < 1.29 is 4.79 Å². The van der Waals surface area contributed by atoms with E-state index in [4.69, 9.17) is 11.6 Å². The molecule has 1 atom stereocenters. The minimum atomic E-state index is -0.0510. The van der Waals surface area contributed by atoms with Gasteiger partial charge >= 0.3 is 0 Å². The number of imidazole rings is 1. The number of fused-ring (bicyclic) bond motifs is 1. The summed E-state index contributed by atoms with van der Waals surface area (Å²) in [6.45, 7) is 2.96. The van der Waals surface area contributed by atoms with E-state index in [1.54, 1.807) is 4.90 Å². The Labute approximate surface area is 135 Å². The Morgan fingerprint density at radius 3 is 2.95 bits per heavy atom. The van der Waals surface area contributed by atoms with Gasteiger partial charge < -0.3 is 9.47 Å². The SMILES string of the molecule is C[C@H](c1cccc(Cl)c1)N(C)C(=O)c1cn2c(n1)CCCC2. The second kappa shape index (κ2) is 6.13. The number of halogens is 1. The largest absolute Gasteiger partial charge is 0.334 e. The average molecular weight is 318 g/mol. The Morgan fingerprint density at radius 1 is 1.41 bits per heavy atom. The third-order valence-electron chi connectivity index (χ3n) is 4.36. The third kappa shape index (κ3) is 2.88. The first kappa shape index (κ1) is 15.1. The zero-order valence-corrected chi connectivity index (χ0v) is 13.7. The quantitative estimate of drug-likeness (QED) is 0.865. The number of benzene rings is 1. The summed E-state index contributed by atoms with van der Waals surface area (Å²) in [5.74, 6) is 0.979. The van der Waals surface area contributed by atoms with E-state index in [9.17, 15) is 4.79 Å². The fourth-order valence-corrected chi connectivity index (χ4v) is 3.06. The van der Waals surface area contributed by atoms with Crippen LogP contribution in [0.3, 0.4) is 0 Å². The van der Waals surface area contributed by atoms with Crippen LogP contribution in [-0.2, 0) is 13.0 Å². The highest BCUT2D eigenvalue weighted by Crippen LogP contribution is 2.24. The van der Waals surface area contributed by atoms with Crippen LogP contribution < -0.4 is 0 Å². The highest BCUT2D eigenvalue weighted by Gasteiger charge is 2.23. The number of hydrogen-bond donors (Lipinski definition) is 0. The van der Waals surface area contributed by atoms with Crippen molar-refractivity contribution in [1.29, 1.82) is 0 Å². The number of aromatic nitrogens is 2. The molecular weight excluding hydrogens is 298 g/mol. The van der Waals surface area contributed by atoms with Crippen LogP contribution in [0.15, 0.2) is 30.5 Å². The highest BCUT2D eigenvalue weighted by molar-refractivity contribution is 6.30. The fraction of sp³-hybridized carbons (Fsp3) is 0.412. The lowest BCUT2D eigenvalue weighted by molar-refractivity contribution is 0.0737. The smallest absolute Gasteiger partial charge is 0.274 e. The van der Waals surface area contributed by atoms with Gasteiger partial charge in [-0.05, 0) is 37.5 Å². The van der Waals surface area contributed by atoms with Crippen molar-refractivity contribution in [3.63, 3.8) is 0 Å². The second-order valence-corrected chi connectivity index (χ2v) is 6.28. The van der Waals surface area contributed by atoms with Crippen LogP contribution in [-0.4, -0.2) is 27.4 Å². The summed E-state index contributed by atoms with van der Waals surface area (Å²) in [5.41, 5.74) is 1.56. The molecule has 1 aromatic carbocycles. The lowest BCUT2D eigenvalue weighted by Crippen LogP contribution is -2.30. The molecule has 5 heteroatoms. The van der Waals surface area contributed by atoms with Crippen LogP contribution in [0, 0.1) is 0 Å². The molecule has 1 amide bonds. The normalized spacial score (nSPS) is 15.2. The maximum Gasteiger partial charge on any atom is 0.274 e. The van der Waals surface area contributed by atoms with E-state index in [2.05, 4.69) is 9.55 Å². The zero-order valence-electron chi connectivity index (χ0n) is 12.9. The highest BCUT2D eigenvalue weighted by atomic mass is 35.5. The molecule has 1 aliphatic rings. The van der Waals surface area contributed by atoms with Crippen LogP contribution in [0.2, 0.25) is 5.02 Å². The molecule has 22 heavy (non-hydrogen) atoms. The van der Waals surface area contributed by atoms with Gasteiger partial charge in [-0.25, -0.2) is 4.98 Å². The van der Waals surface area contributed by atoms with E-state index in [1.165, 1.54) is 0 Å². The summed E-state index contributed by atoms with van der Waals surface area (Å²) >= 11 is 6.04. The first-order valence-electron chi connectivity index (χ1n) is 7.65. The molecule has 116 valence electrons. The third-order valence-corrected chi connectivity index (χ3v) is 4.60. The van der Waals surface area contributed by atoms with Crippen LogP contribution in [0.4, 0.5) is 0 Å². The van der Waals surface area contributed by atoms with Gasteiger partial charge in [0, 0.05) is 31.2 Å².